The molecule has 2 unspecified atom stereocenters. The summed E-state index contributed by atoms with van der Waals surface area (Å²) in [6.45, 7) is 3.88. The molecule has 0 amide bonds. The molecule has 0 saturated heterocycles. The quantitative estimate of drug-likeness (QED) is 0.665. The normalized spacial score (nSPS) is 25.3. The van der Waals surface area contributed by atoms with E-state index >= 15 is 0 Å². The third-order valence-corrected chi connectivity index (χ3v) is 2.49. The second-order valence-corrected chi connectivity index (χ2v) is 3.62. The minimum atomic E-state index is -1.77. The van der Waals surface area contributed by atoms with Gasteiger partial charge < -0.3 is 20.0 Å². The molecule has 0 aromatic carbocycles. The maximum atomic E-state index is 10.9. The third-order valence-electron chi connectivity index (χ3n) is 2.49. The Bertz CT molecular complexity index is 263. The lowest BCUT2D eigenvalue weighted by Crippen LogP contribution is -2.57. The zero-order chi connectivity index (χ0) is 10.9. The topological polar surface area (TPSA) is 64.0 Å². The smallest absolute Gasteiger partial charge is 0.339 e. The molecule has 0 fully saturated rings. The fourth-order valence-corrected chi connectivity index (χ4v) is 1.70. The third kappa shape index (κ3) is 1.55. The van der Waals surface area contributed by atoms with E-state index in [1.165, 1.54) is 6.92 Å². The number of carbonyl (C=O) groups is 1. The second kappa shape index (κ2) is 3.49. The van der Waals surface area contributed by atoms with Crippen LogP contribution in [0.2, 0.25) is 0 Å². The molecule has 0 spiro atoms. The van der Waals surface area contributed by atoms with Crippen LogP contribution in [-0.4, -0.2) is 51.3 Å². The highest BCUT2D eigenvalue weighted by Crippen LogP contribution is 2.24. The molecule has 0 bridgehead atoms. The van der Waals surface area contributed by atoms with Crippen LogP contribution in [0.1, 0.15) is 13.8 Å². The number of hydrogen-bond donors (Lipinski definition) is 2. The van der Waals surface area contributed by atoms with Gasteiger partial charge >= 0.3 is 5.97 Å². The summed E-state index contributed by atoms with van der Waals surface area (Å²) in [4.78, 5) is 14.4. The molecule has 0 saturated carbocycles. The summed E-state index contributed by atoms with van der Waals surface area (Å²) >= 11 is 0. The Morgan fingerprint density at radius 1 is 1.57 bits per heavy atom. The van der Waals surface area contributed by atoms with Gasteiger partial charge in [0, 0.05) is 26.0 Å². The van der Waals surface area contributed by atoms with E-state index in [0.717, 1.165) is 0 Å². The molecule has 5 heteroatoms. The molecule has 1 rings (SSSR count). The van der Waals surface area contributed by atoms with Crippen LogP contribution in [0.25, 0.3) is 0 Å². The molecule has 14 heavy (non-hydrogen) atoms. The van der Waals surface area contributed by atoms with Gasteiger partial charge in [-0.3, -0.25) is 0 Å². The predicted molar refractivity (Wildman–Crippen MR) is 51.3 cm³/mol. The Kier molecular flexibility index (Phi) is 2.71. The van der Waals surface area contributed by atoms with Crippen LogP contribution in [0.4, 0.5) is 0 Å². The number of aliphatic carboxylic acids is 1. The van der Waals surface area contributed by atoms with Crippen molar-refractivity contribution in [1.29, 1.82) is 0 Å². The van der Waals surface area contributed by atoms with E-state index in [-0.39, 0.29) is 0 Å². The number of rotatable bonds is 3. The lowest BCUT2D eigenvalue weighted by Gasteiger charge is -2.37. The highest BCUT2D eigenvalue weighted by atomic mass is 16.4. The van der Waals surface area contributed by atoms with Gasteiger partial charge in [-0.1, -0.05) is 0 Å². The maximum absolute atomic E-state index is 10.9. The zero-order valence-corrected chi connectivity index (χ0v) is 8.64. The number of carboxylic acids is 1. The fraction of sp³-hybridized carbons (Fsp3) is 0.667. The van der Waals surface area contributed by atoms with Crippen molar-refractivity contribution in [3.05, 3.63) is 12.4 Å². The molecule has 1 aliphatic heterocycles. The first-order valence-corrected chi connectivity index (χ1v) is 4.53. The van der Waals surface area contributed by atoms with Crippen molar-refractivity contribution in [2.24, 2.45) is 0 Å². The Hall–Kier alpha value is -1.23. The van der Waals surface area contributed by atoms with Crippen LogP contribution in [0.3, 0.4) is 0 Å². The van der Waals surface area contributed by atoms with Crippen LogP contribution >= 0.6 is 0 Å². The van der Waals surface area contributed by atoms with Gasteiger partial charge in [0.05, 0.1) is 0 Å². The lowest BCUT2D eigenvalue weighted by molar-refractivity contribution is -0.168. The Balaban J connectivity index is 2.91. The average Bonchev–Trinajstić information content (AvgIpc) is 2.46. The number of nitrogens with zero attached hydrogens (tertiary/aromatic N) is 2. The summed E-state index contributed by atoms with van der Waals surface area (Å²) in [7, 11) is 1.74. The van der Waals surface area contributed by atoms with Crippen LogP contribution in [0.15, 0.2) is 12.4 Å². The van der Waals surface area contributed by atoms with E-state index in [1.54, 1.807) is 29.2 Å². The highest BCUT2D eigenvalue weighted by molar-refractivity contribution is 5.77. The number of hydrogen-bond acceptors (Lipinski definition) is 4. The van der Waals surface area contributed by atoms with Gasteiger partial charge in [-0.05, 0) is 13.8 Å². The lowest BCUT2D eigenvalue weighted by atomic mass is 10.0. The van der Waals surface area contributed by atoms with E-state index in [4.69, 9.17) is 5.11 Å². The summed E-state index contributed by atoms with van der Waals surface area (Å²) < 4.78 is 0. The minimum absolute atomic E-state index is 0.537. The summed E-state index contributed by atoms with van der Waals surface area (Å²) in [6.07, 6.45) is 3.00. The molecule has 2 atom stereocenters. The van der Waals surface area contributed by atoms with Crippen molar-refractivity contribution in [3.8, 4) is 0 Å². The Morgan fingerprint density at radius 2 is 2.14 bits per heavy atom. The van der Waals surface area contributed by atoms with Gasteiger partial charge in [0.2, 0.25) is 0 Å². The number of carboxylic acid groups (broad SMARTS) is 1. The van der Waals surface area contributed by atoms with Crippen molar-refractivity contribution in [2.75, 3.05) is 13.6 Å². The molecule has 5 nitrogen and oxygen atoms in total. The molecule has 0 aliphatic carbocycles. The molecule has 80 valence electrons. The van der Waals surface area contributed by atoms with Crippen molar-refractivity contribution in [3.63, 3.8) is 0 Å². The zero-order valence-electron chi connectivity index (χ0n) is 8.64. The van der Waals surface area contributed by atoms with Crippen LogP contribution in [0, 0.1) is 0 Å². The van der Waals surface area contributed by atoms with E-state index < -0.39 is 17.7 Å². The van der Waals surface area contributed by atoms with Crippen molar-refractivity contribution < 1.29 is 15.0 Å². The van der Waals surface area contributed by atoms with Gasteiger partial charge in [-0.15, -0.1) is 0 Å². The molecule has 2 N–H and O–H groups in total. The van der Waals surface area contributed by atoms with E-state index in [0.29, 0.717) is 6.54 Å². The SMILES string of the molecule is CCN1C=CN(C)C1C(C)(O)C(=O)O. The summed E-state index contributed by atoms with van der Waals surface area (Å²) in [5.74, 6) is -1.21. The Morgan fingerprint density at radius 3 is 2.57 bits per heavy atom. The van der Waals surface area contributed by atoms with E-state index in [2.05, 4.69) is 0 Å². The standard InChI is InChI=1S/C9H16N2O3/c1-4-11-6-5-10(3)7(11)9(2,14)8(12)13/h5-7,14H,4H2,1-3H3,(H,12,13). The van der Waals surface area contributed by atoms with E-state index in [1.807, 2.05) is 6.92 Å². The van der Waals surface area contributed by atoms with Crippen LogP contribution in [-0.2, 0) is 4.79 Å². The van der Waals surface area contributed by atoms with Gasteiger partial charge in [0.25, 0.3) is 0 Å². The maximum Gasteiger partial charge on any atom is 0.339 e. The van der Waals surface area contributed by atoms with Crippen LogP contribution < -0.4 is 0 Å². The fourth-order valence-electron chi connectivity index (χ4n) is 1.70. The first-order chi connectivity index (χ1) is 6.41. The summed E-state index contributed by atoms with van der Waals surface area (Å²) in [5.41, 5.74) is -1.77. The van der Waals surface area contributed by atoms with Crippen molar-refractivity contribution in [1.82, 2.24) is 9.80 Å². The summed E-state index contributed by atoms with van der Waals surface area (Å²) in [6, 6.07) is 0. The average molecular weight is 200 g/mol. The predicted octanol–water partition coefficient (Wildman–Crippen LogP) is -0.113. The minimum Gasteiger partial charge on any atom is -0.479 e. The Labute approximate surface area is 83.2 Å². The largest absolute Gasteiger partial charge is 0.479 e. The number of aliphatic hydroxyl groups is 1. The summed E-state index contributed by atoms with van der Waals surface area (Å²) in [5, 5.41) is 18.7. The van der Waals surface area contributed by atoms with Gasteiger partial charge in [0.1, 0.15) is 6.17 Å². The van der Waals surface area contributed by atoms with Crippen molar-refractivity contribution in [2.45, 2.75) is 25.6 Å². The molecule has 1 aliphatic rings. The number of likely N-dealkylation sites (N-methyl/N-ethyl adjacent to an activating group) is 2. The highest BCUT2D eigenvalue weighted by Gasteiger charge is 2.45. The van der Waals surface area contributed by atoms with Gasteiger partial charge in [-0.2, -0.15) is 0 Å². The second-order valence-electron chi connectivity index (χ2n) is 3.62. The molecule has 1 heterocycles. The van der Waals surface area contributed by atoms with Crippen molar-refractivity contribution >= 4 is 5.97 Å². The first-order valence-electron chi connectivity index (χ1n) is 4.53. The monoisotopic (exact) mass is 200 g/mol. The van der Waals surface area contributed by atoms with Gasteiger partial charge in [-0.25, -0.2) is 4.79 Å². The molecular weight excluding hydrogens is 184 g/mol. The van der Waals surface area contributed by atoms with Crippen LogP contribution in [0.5, 0.6) is 0 Å². The molecule has 0 aromatic heterocycles. The molecular formula is C9H16N2O3. The van der Waals surface area contributed by atoms with Gasteiger partial charge in [0.15, 0.2) is 5.60 Å². The molecule has 0 radical (unpaired) electrons. The first kappa shape index (κ1) is 10.8. The van der Waals surface area contributed by atoms with E-state index in [9.17, 15) is 9.90 Å². The molecule has 0 aromatic rings.